The van der Waals surface area contributed by atoms with Gasteiger partial charge in [0.25, 0.3) is 0 Å². The summed E-state index contributed by atoms with van der Waals surface area (Å²) in [6, 6.07) is 9.89. The lowest BCUT2D eigenvalue weighted by Gasteiger charge is -2.28. The first-order valence-corrected chi connectivity index (χ1v) is 9.41. The fraction of sp³-hybridized carbons (Fsp3) is 0.619. The first kappa shape index (κ1) is 20.5. The van der Waals surface area contributed by atoms with E-state index in [9.17, 15) is 5.11 Å². The lowest BCUT2D eigenvalue weighted by molar-refractivity contribution is -0.233. The largest absolute Gasteiger partial charge is 0.388 e. The second kappa shape index (κ2) is 8.82. The topological polar surface area (TPSA) is 66.4 Å². The molecule has 0 saturated carbocycles. The molecule has 5 atom stereocenters. The molecule has 2 aliphatic heterocycles. The van der Waals surface area contributed by atoms with Crippen molar-refractivity contribution >= 4 is 0 Å². The van der Waals surface area contributed by atoms with Crippen LogP contribution < -0.4 is 0 Å². The van der Waals surface area contributed by atoms with E-state index in [0.29, 0.717) is 13.2 Å². The minimum absolute atomic E-state index is 0.155. The molecule has 2 heterocycles. The molecule has 2 saturated heterocycles. The molecule has 0 bridgehead atoms. The molecule has 6 nitrogen and oxygen atoms in total. The van der Waals surface area contributed by atoms with Crippen molar-refractivity contribution in [3.63, 3.8) is 0 Å². The fourth-order valence-corrected chi connectivity index (χ4v) is 3.28. The average molecular weight is 378 g/mol. The summed E-state index contributed by atoms with van der Waals surface area (Å²) in [6.07, 6.45) is -0.836. The van der Waals surface area contributed by atoms with Gasteiger partial charge in [-0.3, -0.25) is 0 Å². The Hall–Kier alpha value is -1.28. The van der Waals surface area contributed by atoms with Crippen molar-refractivity contribution in [2.75, 3.05) is 13.2 Å². The van der Waals surface area contributed by atoms with E-state index in [1.54, 1.807) is 0 Å². The van der Waals surface area contributed by atoms with Crippen molar-refractivity contribution in [3.05, 3.63) is 47.5 Å². The highest BCUT2D eigenvalue weighted by Gasteiger charge is 2.57. The van der Waals surface area contributed by atoms with E-state index >= 15 is 0 Å². The number of fused-ring (bicyclic) bond motifs is 1. The maximum absolute atomic E-state index is 10.6. The van der Waals surface area contributed by atoms with Gasteiger partial charge in [-0.05, 0) is 33.3 Å². The molecule has 1 aromatic carbocycles. The Kier molecular flexibility index (Phi) is 6.68. The van der Waals surface area contributed by atoms with Crippen LogP contribution in [0.25, 0.3) is 0 Å². The zero-order valence-electron chi connectivity index (χ0n) is 16.5. The number of rotatable bonds is 8. The molecule has 1 aromatic rings. The predicted molar refractivity (Wildman–Crippen MR) is 100.0 cm³/mol. The van der Waals surface area contributed by atoms with Crippen molar-refractivity contribution < 1.29 is 28.8 Å². The van der Waals surface area contributed by atoms with Gasteiger partial charge in [0, 0.05) is 0 Å². The summed E-state index contributed by atoms with van der Waals surface area (Å²) >= 11 is 0. The number of aliphatic hydroxyl groups excluding tert-OH is 1. The third-order valence-corrected chi connectivity index (χ3v) is 4.59. The molecule has 0 spiro atoms. The highest BCUT2D eigenvalue weighted by Crippen LogP contribution is 2.40. The minimum atomic E-state index is -0.836. The summed E-state index contributed by atoms with van der Waals surface area (Å²) in [4.78, 5) is 0. The van der Waals surface area contributed by atoms with Crippen molar-refractivity contribution in [1.82, 2.24) is 0 Å². The zero-order valence-corrected chi connectivity index (χ0v) is 16.5. The van der Waals surface area contributed by atoms with Crippen molar-refractivity contribution in [1.29, 1.82) is 0 Å². The summed E-state index contributed by atoms with van der Waals surface area (Å²) < 4.78 is 29.4. The van der Waals surface area contributed by atoms with Crippen LogP contribution in [-0.4, -0.2) is 54.8 Å². The van der Waals surface area contributed by atoms with E-state index in [0.717, 1.165) is 5.56 Å². The Balaban J connectivity index is 1.63. The van der Waals surface area contributed by atoms with Gasteiger partial charge in [-0.25, -0.2) is 0 Å². The lowest BCUT2D eigenvalue weighted by atomic mass is 10.1. The number of hydrogen-bond acceptors (Lipinski definition) is 6. The first-order chi connectivity index (χ1) is 12.9. The van der Waals surface area contributed by atoms with Gasteiger partial charge in [0.05, 0.1) is 19.8 Å². The highest BCUT2D eigenvalue weighted by molar-refractivity contribution is 5.13. The molecule has 0 radical (unpaired) electrons. The molecule has 0 amide bonds. The summed E-state index contributed by atoms with van der Waals surface area (Å²) in [6.45, 7) is 8.71. The number of hydrogen-bond donors (Lipinski definition) is 1. The molecule has 0 unspecified atom stereocenters. The number of aliphatic hydroxyl groups is 1. The second-order valence-corrected chi connectivity index (χ2v) is 7.72. The number of benzene rings is 1. The summed E-state index contributed by atoms with van der Waals surface area (Å²) in [7, 11) is 0. The van der Waals surface area contributed by atoms with Gasteiger partial charge < -0.3 is 28.8 Å². The third-order valence-electron chi connectivity index (χ3n) is 4.59. The molecular weight excluding hydrogens is 348 g/mol. The Morgan fingerprint density at radius 2 is 1.96 bits per heavy atom. The van der Waals surface area contributed by atoms with E-state index in [1.807, 2.05) is 64.1 Å². The third kappa shape index (κ3) is 5.38. The average Bonchev–Trinajstić information content (AvgIpc) is 3.09. The molecule has 0 aromatic heterocycles. The van der Waals surface area contributed by atoms with E-state index in [1.165, 1.54) is 5.57 Å². The van der Waals surface area contributed by atoms with Gasteiger partial charge in [0.1, 0.15) is 24.4 Å². The molecule has 27 heavy (non-hydrogen) atoms. The van der Waals surface area contributed by atoms with Gasteiger partial charge in [-0.15, -0.1) is 0 Å². The Labute approximate surface area is 161 Å². The second-order valence-electron chi connectivity index (χ2n) is 7.72. The smallest absolute Gasteiger partial charge is 0.190 e. The van der Waals surface area contributed by atoms with Gasteiger partial charge in [0.15, 0.2) is 12.1 Å². The number of ether oxygens (including phenoxy) is 5. The van der Waals surface area contributed by atoms with Crippen LogP contribution in [0.1, 0.15) is 33.3 Å². The van der Waals surface area contributed by atoms with Crippen LogP contribution in [0.4, 0.5) is 0 Å². The molecule has 0 aliphatic carbocycles. The van der Waals surface area contributed by atoms with Crippen LogP contribution in [0, 0.1) is 0 Å². The van der Waals surface area contributed by atoms with Crippen molar-refractivity contribution in [2.24, 2.45) is 0 Å². The standard InChI is InChI=1S/C21H30O6/c1-14(2)10-11-23-13-16(22)17-18(24-12-15-8-6-5-7-9-15)19-20(25-17)27-21(3,4)26-19/h5-10,16-20,22H,11-13H2,1-4H3/t16-,17-,18+,19-,20-/m1/s1. The van der Waals surface area contributed by atoms with E-state index in [2.05, 4.69) is 0 Å². The zero-order chi connectivity index (χ0) is 19.4. The predicted octanol–water partition coefficient (Wildman–Crippen LogP) is 2.79. The van der Waals surface area contributed by atoms with Crippen molar-refractivity contribution in [3.8, 4) is 0 Å². The Morgan fingerprint density at radius 1 is 1.22 bits per heavy atom. The SMILES string of the molecule is CC(C)=CCOC[C@@H](O)[C@H]1O[C@@H]2OC(C)(C)O[C@@H]2[C@H]1OCc1ccccc1. The van der Waals surface area contributed by atoms with E-state index in [-0.39, 0.29) is 12.7 Å². The fourth-order valence-electron chi connectivity index (χ4n) is 3.28. The molecule has 2 aliphatic rings. The molecule has 6 heteroatoms. The molecule has 3 rings (SSSR count). The summed E-state index contributed by atoms with van der Waals surface area (Å²) in [5, 5.41) is 10.6. The maximum atomic E-state index is 10.6. The van der Waals surface area contributed by atoms with Crippen LogP contribution in [-0.2, 0) is 30.3 Å². The van der Waals surface area contributed by atoms with Crippen LogP contribution in [0.15, 0.2) is 42.0 Å². The maximum Gasteiger partial charge on any atom is 0.190 e. The molecular formula is C21H30O6. The van der Waals surface area contributed by atoms with E-state index in [4.69, 9.17) is 23.7 Å². The van der Waals surface area contributed by atoms with E-state index < -0.39 is 30.4 Å². The van der Waals surface area contributed by atoms with Crippen molar-refractivity contribution in [2.45, 2.75) is 70.8 Å². The van der Waals surface area contributed by atoms with Gasteiger partial charge in [-0.1, -0.05) is 42.0 Å². The van der Waals surface area contributed by atoms with Crippen LogP contribution in [0.2, 0.25) is 0 Å². The normalized spacial score (nSPS) is 30.1. The summed E-state index contributed by atoms with van der Waals surface area (Å²) in [5.41, 5.74) is 2.22. The van der Waals surface area contributed by atoms with Gasteiger partial charge >= 0.3 is 0 Å². The molecule has 2 fully saturated rings. The highest BCUT2D eigenvalue weighted by atomic mass is 16.8. The monoisotopic (exact) mass is 378 g/mol. The van der Waals surface area contributed by atoms with Gasteiger partial charge in [-0.2, -0.15) is 0 Å². The number of allylic oxidation sites excluding steroid dienone is 1. The molecule has 150 valence electrons. The molecule has 1 N–H and O–H groups in total. The summed E-state index contributed by atoms with van der Waals surface area (Å²) in [5.74, 6) is -0.737. The Morgan fingerprint density at radius 3 is 2.67 bits per heavy atom. The van der Waals surface area contributed by atoms with Gasteiger partial charge in [0.2, 0.25) is 0 Å². The first-order valence-electron chi connectivity index (χ1n) is 9.41. The van der Waals surface area contributed by atoms with Crippen LogP contribution in [0.5, 0.6) is 0 Å². The quantitative estimate of drug-likeness (QED) is 0.554. The van der Waals surface area contributed by atoms with Crippen LogP contribution in [0.3, 0.4) is 0 Å². The Bertz CT molecular complexity index is 625. The van der Waals surface area contributed by atoms with Crippen LogP contribution >= 0.6 is 0 Å². The minimum Gasteiger partial charge on any atom is -0.388 e. The lowest BCUT2D eigenvalue weighted by Crippen LogP contribution is -2.44.